The Balaban J connectivity index is 1.47. The fraction of sp³-hybridized carbons (Fsp3) is 0.429. The normalized spacial score (nSPS) is 16.5. The Bertz CT molecular complexity index is 708. The number of aromatic nitrogens is 2. The van der Waals surface area contributed by atoms with Crippen molar-refractivity contribution in [1.82, 2.24) is 20.0 Å². The van der Waals surface area contributed by atoms with Gasteiger partial charge in [0.2, 0.25) is 0 Å². The van der Waals surface area contributed by atoms with E-state index in [2.05, 4.69) is 63.6 Å². The molecule has 1 aliphatic heterocycles. The fourth-order valence-electron chi connectivity index (χ4n) is 3.33. The van der Waals surface area contributed by atoms with Gasteiger partial charge in [0.05, 0.1) is 0 Å². The molecular formula is C21H29N5. The molecular weight excluding hydrogens is 322 g/mol. The molecule has 0 saturated carbocycles. The molecule has 0 spiro atoms. The highest BCUT2D eigenvalue weighted by Gasteiger charge is 2.17. The van der Waals surface area contributed by atoms with E-state index in [1.54, 1.807) is 0 Å². The van der Waals surface area contributed by atoms with Crippen molar-refractivity contribution in [3.63, 3.8) is 0 Å². The first kappa shape index (κ1) is 18.2. The molecule has 138 valence electrons. The van der Waals surface area contributed by atoms with E-state index in [4.69, 9.17) is 0 Å². The van der Waals surface area contributed by atoms with Crippen molar-refractivity contribution in [2.45, 2.75) is 26.3 Å². The highest BCUT2D eigenvalue weighted by Crippen LogP contribution is 2.19. The molecule has 1 aromatic heterocycles. The average Bonchev–Trinajstić information content (AvgIpc) is 3.17. The molecule has 1 atom stereocenters. The number of benzene rings is 1. The van der Waals surface area contributed by atoms with Gasteiger partial charge in [-0.1, -0.05) is 48.9 Å². The zero-order valence-electron chi connectivity index (χ0n) is 15.8. The topological polar surface area (TPSA) is 45.5 Å². The van der Waals surface area contributed by atoms with Crippen molar-refractivity contribution in [3.8, 4) is 0 Å². The van der Waals surface area contributed by atoms with Crippen LogP contribution in [-0.2, 0) is 6.54 Å². The number of hydrogen-bond donors (Lipinski definition) is 1. The van der Waals surface area contributed by atoms with Crippen LogP contribution >= 0.6 is 0 Å². The quantitative estimate of drug-likeness (QED) is 0.664. The summed E-state index contributed by atoms with van der Waals surface area (Å²) in [7, 11) is 1.87. The summed E-state index contributed by atoms with van der Waals surface area (Å²) in [6.45, 7) is 6.09. The molecule has 5 nitrogen and oxygen atoms in total. The van der Waals surface area contributed by atoms with E-state index in [9.17, 15) is 0 Å². The summed E-state index contributed by atoms with van der Waals surface area (Å²) in [5.74, 6) is 1.50. The first-order valence-electron chi connectivity index (χ1n) is 9.42. The SMILES string of the molecule is CN=C(NCC(C)Cn1cccn1)N1CCC(=Cc2ccccc2)CC1. The van der Waals surface area contributed by atoms with Gasteiger partial charge < -0.3 is 10.2 Å². The zero-order valence-corrected chi connectivity index (χ0v) is 15.8. The van der Waals surface area contributed by atoms with Crippen LogP contribution in [0.2, 0.25) is 0 Å². The third-order valence-corrected chi connectivity index (χ3v) is 4.75. The molecule has 2 heterocycles. The Labute approximate surface area is 156 Å². The molecule has 1 N–H and O–H groups in total. The van der Waals surface area contributed by atoms with Crippen LogP contribution in [0.5, 0.6) is 0 Å². The highest BCUT2D eigenvalue weighted by molar-refractivity contribution is 5.80. The molecule has 1 aliphatic rings. The second-order valence-corrected chi connectivity index (χ2v) is 6.96. The van der Waals surface area contributed by atoms with Crippen molar-refractivity contribution in [1.29, 1.82) is 0 Å². The third kappa shape index (κ3) is 5.22. The molecule has 1 unspecified atom stereocenters. The number of nitrogens with zero attached hydrogens (tertiary/aromatic N) is 4. The third-order valence-electron chi connectivity index (χ3n) is 4.75. The minimum absolute atomic E-state index is 0.491. The molecule has 26 heavy (non-hydrogen) atoms. The van der Waals surface area contributed by atoms with E-state index in [1.165, 1.54) is 11.1 Å². The summed E-state index contributed by atoms with van der Waals surface area (Å²) >= 11 is 0. The first-order valence-corrected chi connectivity index (χ1v) is 9.42. The minimum Gasteiger partial charge on any atom is -0.356 e. The number of aliphatic imine (C=N–C) groups is 1. The predicted octanol–water partition coefficient (Wildman–Crippen LogP) is 3.27. The largest absolute Gasteiger partial charge is 0.356 e. The molecule has 0 aliphatic carbocycles. The molecule has 1 saturated heterocycles. The highest BCUT2D eigenvalue weighted by atomic mass is 15.3. The maximum atomic E-state index is 4.48. The molecule has 0 amide bonds. The van der Waals surface area contributed by atoms with Crippen LogP contribution in [0.3, 0.4) is 0 Å². The lowest BCUT2D eigenvalue weighted by atomic mass is 10.0. The van der Waals surface area contributed by atoms with Crippen LogP contribution in [0, 0.1) is 5.92 Å². The van der Waals surface area contributed by atoms with Gasteiger partial charge in [0, 0.05) is 45.6 Å². The van der Waals surface area contributed by atoms with Gasteiger partial charge in [-0.05, 0) is 30.4 Å². The number of guanidine groups is 1. The summed E-state index contributed by atoms with van der Waals surface area (Å²) in [5, 5.41) is 7.81. The van der Waals surface area contributed by atoms with Gasteiger partial charge in [-0.15, -0.1) is 0 Å². The van der Waals surface area contributed by atoms with Gasteiger partial charge in [0.25, 0.3) is 0 Å². The maximum Gasteiger partial charge on any atom is 0.193 e. The Morgan fingerprint density at radius 2 is 2.00 bits per heavy atom. The van der Waals surface area contributed by atoms with E-state index in [0.29, 0.717) is 5.92 Å². The molecule has 3 rings (SSSR count). The molecule has 5 heteroatoms. The maximum absolute atomic E-state index is 4.48. The lowest BCUT2D eigenvalue weighted by Crippen LogP contribution is -2.45. The summed E-state index contributed by atoms with van der Waals surface area (Å²) in [6.07, 6.45) is 8.36. The number of likely N-dealkylation sites (tertiary alicyclic amines) is 1. The standard InChI is InChI=1S/C21H29N5/c1-18(17-26-12-6-11-24-26)16-23-21(22-2)25-13-9-20(10-14-25)15-19-7-4-3-5-8-19/h3-8,11-12,15,18H,9-10,13-14,16-17H2,1-2H3,(H,22,23). The van der Waals surface area contributed by atoms with Crippen molar-refractivity contribution >= 4 is 12.0 Å². The second-order valence-electron chi connectivity index (χ2n) is 6.96. The van der Waals surface area contributed by atoms with Gasteiger partial charge in [-0.3, -0.25) is 9.67 Å². The summed E-state index contributed by atoms with van der Waals surface area (Å²) in [6, 6.07) is 12.6. The Morgan fingerprint density at radius 3 is 2.65 bits per heavy atom. The van der Waals surface area contributed by atoms with Crippen LogP contribution in [0.25, 0.3) is 6.08 Å². The van der Waals surface area contributed by atoms with E-state index in [0.717, 1.165) is 45.0 Å². The van der Waals surface area contributed by atoms with Gasteiger partial charge in [-0.25, -0.2) is 0 Å². The van der Waals surface area contributed by atoms with Crippen LogP contribution in [-0.4, -0.2) is 47.3 Å². The van der Waals surface area contributed by atoms with Gasteiger partial charge in [0.15, 0.2) is 5.96 Å². The van der Waals surface area contributed by atoms with Gasteiger partial charge in [0.1, 0.15) is 0 Å². The lowest BCUT2D eigenvalue weighted by Gasteiger charge is -2.32. The monoisotopic (exact) mass is 351 g/mol. The van der Waals surface area contributed by atoms with Crippen LogP contribution in [0.1, 0.15) is 25.3 Å². The van der Waals surface area contributed by atoms with Crippen LogP contribution < -0.4 is 5.32 Å². The average molecular weight is 351 g/mol. The minimum atomic E-state index is 0.491. The number of piperidine rings is 1. The lowest BCUT2D eigenvalue weighted by molar-refractivity contribution is 0.366. The number of hydrogen-bond acceptors (Lipinski definition) is 2. The fourth-order valence-corrected chi connectivity index (χ4v) is 3.33. The second kappa shape index (κ2) is 9.22. The molecule has 1 fully saturated rings. The predicted molar refractivity (Wildman–Crippen MR) is 108 cm³/mol. The van der Waals surface area contributed by atoms with Crippen LogP contribution in [0.15, 0.2) is 59.4 Å². The van der Waals surface area contributed by atoms with E-state index in [-0.39, 0.29) is 0 Å². The van der Waals surface area contributed by atoms with Crippen molar-refractivity contribution in [2.75, 3.05) is 26.7 Å². The number of rotatable bonds is 5. The Morgan fingerprint density at radius 1 is 1.23 bits per heavy atom. The van der Waals surface area contributed by atoms with Gasteiger partial charge >= 0.3 is 0 Å². The van der Waals surface area contributed by atoms with Gasteiger partial charge in [-0.2, -0.15) is 5.10 Å². The summed E-state index contributed by atoms with van der Waals surface area (Å²) in [5.41, 5.74) is 2.82. The van der Waals surface area contributed by atoms with E-state index in [1.807, 2.05) is 30.2 Å². The number of nitrogens with one attached hydrogen (secondary N) is 1. The summed E-state index contributed by atoms with van der Waals surface area (Å²) in [4.78, 5) is 6.84. The molecule has 0 bridgehead atoms. The summed E-state index contributed by atoms with van der Waals surface area (Å²) < 4.78 is 1.98. The molecule has 1 aromatic carbocycles. The van der Waals surface area contributed by atoms with E-state index >= 15 is 0 Å². The van der Waals surface area contributed by atoms with Crippen LogP contribution in [0.4, 0.5) is 0 Å². The Kier molecular flexibility index (Phi) is 6.47. The van der Waals surface area contributed by atoms with Crippen molar-refractivity contribution in [2.24, 2.45) is 10.9 Å². The zero-order chi connectivity index (χ0) is 18.2. The van der Waals surface area contributed by atoms with E-state index < -0.39 is 0 Å². The first-order chi connectivity index (χ1) is 12.7. The van der Waals surface area contributed by atoms with Crippen molar-refractivity contribution < 1.29 is 0 Å². The molecule has 0 radical (unpaired) electrons. The Hall–Kier alpha value is -2.56. The van der Waals surface area contributed by atoms with Crippen molar-refractivity contribution in [3.05, 3.63) is 59.9 Å². The smallest absolute Gasteiger partial charge is 0.193 e. The molecule has 2 aromatic rings.